The largest absolute Gasteiger partial charge is 0.357 e. The molecule has 0 amide bonds. The van der Waals surface area contributed by atoms with Gasteiger partial charge in [-0.05, 0) is 11.6 Å². The van der Waals surface area contributed by atoms with Gasteiger partial charge in [0.25, 0.3) is 0 Å². The van der Waals surface area contributed by atoms with Crippen LogP contribution in [0.2, 0.25) is 5.15 Å². The topological polar surface area (TPSA) is 37.8 Å². The van der Waals surface area contributed by atoms with E-state index in [1.165, 1.54) is 11.3 Å². The second-order valence-corrected chi connectivity index (χ2v) is 3.94. The lowest BCUT2D eigenvalue weighted by Gasteiger charge is -2.00. The molecule has 0 saturated carbocycles. The number of nitrogens with one attached hydrogen (secondary N) is 1. The molecule has 2 rings (SSSR count). The summed E-state index contributed by atoms with van der Waals surface area (Å²) in [5.41, 5.74) is 1.12. The lowest BCUT2D eigenvalue weighted by atomic mass is 10.3. The third kappa shape index (κ3) is 2.43. The summed E-state index contributed by atoms with van der Waals surface area (Å²) >= 11 is 7.18. The summed E-state index contributed by atoms with van der Waals surface area (Å²) in [6.07, 6.45) is 3.58. The van der Waals surface area contributed by atoms with Gasteiger partial charge in [0.05, 0.1) is 0 Å². The van der Waals surface area contributed by atoms with Crippen molar-refractivity contribution in [3.8, 4) is 0 Å². The molecule has 0 unspecified atom stereocenters. The first-order chi connectivity index (χ1) is 6.84. The van der Waals surface area contributed by atoms with Gasteiger partial charge in [-0.1, -0.05) is 17.7 Å². The highest BCUT2D eigenvalue weighted by molar-refractivity contribution is 7.14. The van der Waals surface area contributed by atoms with Crippen molar-refractivity contribution in [3.63, 3.8) is 0 Å². The van der Waals surface area contributed by atoms with Gasteiger partial charge >= 0.3 is 0 Å². The molecule has 0 saturated heterocycles. The minimum Gasteiger partial charge on any atom is -0.357 e. The second-order valence-electron chi connectivity index (χ2n) is 2.69. The third-order valence-electron chi connectivity index (χ3n) is 1.64. The molecule has 1 N–H and O–H groups in total. The number of halogens is 1. The van der Waals surface area contributed by atoms with E-state index in [1.54, 1.807) is 11.6 Å². The smallest absolute Gasteiger partial charge is 0.184 e. The molecular formula is C9H8ClN3S. The molecule has 0 aliphatic carbocycles. The van der Waals surface area contributed by atoms with Gasteiger partial charge in [-0.2, -0.15) is 0 Å². The second kappa shape index (κ2) is 4.39. The van der Waals surface area contributed by atoms with Crippen LogP contribution >= 0.6 is 22.9 Å². The normalized spacial score (nSPS) is 10.1. The van der Waals surface area contributed by atoms with Crippen LogP contribution in [0, 0.1) is 0 Å². The number of nitrogens with zero attached hydrogens (tertiary/aromatic N) is 2. The first-order valence-corrected chi connectivity index (χ1v) is 5.34. The maximum absolute atomic E-state index is 5.69. The molecule has 2 heterocycles. The molecule has 0 spiro atoms. The minimum absolute atomic E-state index is 0.531. The fourth-order valence-electron chi connectivity index (χ4n) is 1.02. The molecule has 0 fully saturated rings. The van der Waals surface area contributed by atoms with Crippen LogP contribution in [0.3, 0.4) is 0 Å². The molecule has 72 valence electrons. The molecule has 0 aromatic carbocycles. The molecule has 0 bridgehead atoms. The van der Waals surface area contributed by atoms with Crippen LogP contribution in [0.5, 0.6) is 0 Å². The van der Waals surface area contributed by atoms with E-state index in [1.807, 2.05) is 18.3 Å². The summed E-state index contributed by atoms with van der Waals surface area (Å²) in [5.74, 6) is 0. The Hall–Kier alpha value is -1.13. The van der Waals surface area contributed by atoms with E-state index in [0.29, 0.717) is 5.15 Å². The number of anilines is 1. The number of rotatable bonds is 3. The maximum Gasteiger partial charge on any atom is 0.184 e. The minimum atomic E-state index is 0.531. The van der Waals surface area contributed by atoms with Crippen molar-refractivity contribution in [2.45, 2.75) is 6.54 Å². The highest BCUT2D eigenvalue weighted by Gasteiger charge is 1.98. The van der Waals surface area contributed by atoms with Gasteiger partial charge < -0.3 is 5.32 Å². The first kappa shape index (κ1) is 9.43. The van der Waals surface area contributed by atoms with Crippen LogP contribution in [0.1, 0.15) is 5.56 Å². The standard InChI is InChI=1S/C9H8ClN3S/c10-8-6-14-9(13-8)12-5-7-2-1-3-11-4-7/h1-4,6H,5H2,(H,12,13). The average Bonchev–Trinajstić information content (AvgIpc) is 2.63. The molecule has 0 radical (unpaired) electrons. The Morgan fingerprint density at radius 1 is 1.50 bits per heavy atom. The molecule has 3 nitrogen and oxygen atoms in total. The predicted molar refractivity (Wildman–Crippen MR) is 58.7 cm³/mol. The maximum atomic E-state index is 5.69. The summed E-state index contributed by atoms with van der Waals surface area (Å²) in [7, 11) is 0. The van der Waals surface area contributed by atoms with Crippen molar-refractivity contribution in [3.05, 3.63) is 40.6 Å². The summed E-state index contributed by atoms with van der Waals surface area (Å²) in [6.45, 7) is 0.720. The molecular weight excluding hydrogens is 218 g/mol. The summed E-state index contributed by atoms with van der Waals surface area (Å²) in [6, 6.07) is 3.92. The molecule has 2 aromatic heterocycles. The lowest BCUT2D eigenvalue weighted by Crippen LogP contribution is -1.98. The monoisotopic (exact) mass is 225 g/mol. The van der Waals surface area contributed by atoms with Crippen LogP contribution in [-0.4, -0.2) is 9.97 Å². The Morgan fingerprint density at radius 2 is 2.43 bits per heavy atom. The molecule has 0 aliphatic heterocycles. The molecule has 2 aromatic rings. The van der Waals surface area contributed by atoms with E-state index in [2.05, 4.69) is 15.3 Å². The lowest BCUT2D eigenvalue weighted by molar-refractivity contribution is 1.10. The molecule has 14 heavy (non-hydrogen) atoms. The Labute approximate surface area is 90.8 Å². The molecule has 5 heteroatoms. The summed E-state index contributed by atoms with van der Waals surface area (Å²) in [5, 5.41) is 6.33. The van der Waals surface area contributed by atoms with Gasteiger partial charge in [0.1, 0.15) is 5.15 Å². The van der Waals surface area contributed by atoms with E-state index < -0.39 is 0 Å². The Balaban J connectivity index is 1.95. The Morgan fingerprint density at radius 3 is 3.07 bits per heavy atom. The van der Waals surface area contributed by atoms with Crippen molar-refractivity contribution in [2.75, 3.05) is 5.32 Å². The van der Waals surface area contributed by atoms with Gasteiger partial charge in [-0.25, -0.2) is 4.98 Å². The van der Waals surface area contributed by atoms with Crippen molar-refractivity contribution >= 4 is 28.1 Å². The average molecular weight is 226 g/mol. The number of thiazole rings is 1. The van der Waals surface area contributed by atoms with Gasteiger partial charge in [-0.15, -0.1) is 11.3 Å². The fraction of sp³-hybridized carbons (Fsp3) is 0.111. The van der Waals surface area contributed by atoms with Gasteiger partial charge in [0.2, 0.25) is 0 Å². The van der Waals surface area contributed by atoms with E-state index in [-0.39, 0.29) is 0 Å². The number of hydrogen-bond donors (Lipinski definition) is 1. The highest BCUT2D eigenvalue weighted by atomic mass is 35.5. The summed E-state index contributed by atoms with van der Waals surface area (Å²) < 4.78 is 0. The predicted octanol–water partition coefficient (Wildman–Crippen LogP) is 2.80. The van der Waals surface area contributed by atoms with Crippen molar-refractivity contribution in [1.29, 1.82) is 0 Å². The van der Waals surface area contributed by atoms with Crippen LogP contribution in [0.15, 0.2) is 29.9 Å². The van der Waals surface area contributed by atoms with Crippen LogP contribution in [0.25, 0.3) is 0 Å². The van der Waals surface area contributed by atoms with Gasteiger partial charge in [0.15, 0.2) is 5.13 Å². The highest BCUT2D eigenvalue weighted by Crippen LogP contribution is 2.19. The van der Waals surface area contributed by atoms with Crippen molar-refractivity contribution < 1.29 is 0 Å². The first-order valence-electron chi connectivity index (χ1n) is 4.08. The fourth-order valence-corrected chi connectivity index (χ4v) is 1.85. The van der Waals surface area contributed by atoms with Crippen LogP contribution < -0.4 is 5.32 Å². The molecule has 0 atom stereocenters. The third-order valence-corrected chi connectivity index (χ3v) is 2.77. The van der Waals surface area contributed by atoms with E-state index in [9.17, 15) is 0 Å². The zero-order valence-corrected chi connectivity index (χ0v) is 8.85. The van der Waals surface area contributed by atoms with Gasteiger partial charge in [-0.3, -0.25) is 4.98 Å². The van der Waals surface area contributed by atoms with E-state index in [4.69, 9.17) is 11.6 Å². The van der Waals surface area contributed by atoms with Crippen LogP contribution in [0.4, 0.5) is 5.13 Å². The zero-order valence-electron chi connectivity index (χ0n) is 7.27. The van der Waals surface area contributed by atoms with Crippen LogP contribution in [-0.2, 0) is 6.54 Å². The number of pyridine rings is 1. The number of aromatic nitrogens is 2. The zero-order chi connectivity index (χ0) is 9.80. The SMILES string of the molecule is Clc1csc(NCc2cccnc2)n1. The van der Waals surface area contributed by atoms with Gasteiger partial charge in [0, 0.05) is 24.3 Å². The van der Waals surface area contributed by atoms with Crippen molar-refractivity contribution in [2.24, 2.45) is 0 Å². The summed E-state index contributed by atoms with van der Waals surface area (Å²) in [4.78, 5) is 8.10. The van der Waals surface area contributed by atoms with E-state index in [0.717, 1.165) is 17.2 Å². The quantitative estimate of drug-likeness (QED) is 0.873. The Kier molecular flexibility index (Phi) is 2.96. The Bertz CT molecular complexity index is 401. The van der Waals surface area contributed by atoms with E-state index >= 15 is 0 Å². The number of hydrogen-bond acceptors (Lipinski definition) is 4. The van der Waals surface area contributed by atoms with Crippen molar-refractivity contribution in [1.82, 2.24) is 9.97 Å². The molecule has 0 aliphatic rings.